The summed E-state index contributed by atoms with van der Waals surface area (Å²) in [5.41, 5.74) is 2.43. The highest BCUT2D eigenvalue weighted by Gasteiger charge is 2.30. The average Bonchev–Trinajstić information content (AvgIpc) is 3.28. The first-order valence-electron chi connectivity index (χ1n) is 10.7. The quantitative estimate of drug-likeness (QED) is 0.524. The van der Waals surface area contributed by atoms with Gasteiger partial charge in [0.1, 0.15) is 5.75 Å². The fraction of sp³-hybridized carbons (Fsp3) is 0.435. The van der Waals surface area contributed by atoms with Crippen LogP contribution in [0.2, 0.25) is 0 Å². The number of benzene rings is 2. The van der Waals surface area contributed by atoms with Crippen molar-refractivity contribution in [3.05, 3.63) is 71.5 Å². The van der Waals surface area contributed by atoms with E-state index >= 15 is 0 Å². The zero-order chi connectivity index (χ0) is 21.5. The second-order valence-electron chi connectivity index (χ2n) is 7.69. The van der Waals surface area contributed by atoms with Crippen molar-refractivity contribution >= 4 is 0 Å². The molecule has 0 spiro atoms. The fourth-order valence-corrected chi connectivity index (χ4v) is 4.16. The Labute approximate surface area is 183 Å². The molecule has 0 unspecified atom stereocenters. The van der Waals surface area contributed by atoms with E-state index in [1.165, 1.54) is 11.1 Å². The Morgan fingerprint density at radius 1 is 0.935 bits per heavy atom. The van der Waals surface area contributed by atoms with Crippen LogP contribution in [-0.2, 0) is 17.8 Å². The molecule has 8 nitrogen and oxygen atoms in total. The lowest BCUT2D eigenvalue weighted by molar-refractivity contribution is 0.0983. The lowest BCUT2D eigenvalue weighted by atomic mass is 10.0. The molecule has 0 amide bonds. The summed E-state index contributed by atoms with van der Waals surface area (Å²) in [6.45, 7) is 5.92. The molecule has 1 fully saturated rings. The minimum atomic E-state index is 0.0152. The Morgan fingerprint density at radius 2 is 1.68 bits per heavy atom. The van der Waals surface area contributed by atoms with Crippen molar-refractivity contribution < 1.29 is 9.47 Å². The first-order valence-corrected chi connectivity index (χ1v) is 10.7. The predicted molar refractivity (Wildman–Crippen MR) is 118 cm³/mol. The number of tetrazole rings is 1. The third-order valence-electron chi connectivity index (χ3n) is 5.79. The van der Waals surface area contributed by atoms with Crippen molar-refractivity contribution in [2.75, 3.05) is 47.0 Å². The third-order valence-corrected chi connectivity index (χ3v) is 5.79. The van der Waals surface area contributed by atoms with Crippen molar-refractivity contribution in [2.45, 2.75) is 19.1 Å². The van der Waals surface area contributed by atoms with Crippen LogP contribution >= 0.6 is 0 Å². The van der Waals surface area contributed by atoms with Gasteiger partial charge in [-0.1, -0.05) is 48.5 Å². The summed E-state index contributed by atoms with van der Waals surface area (Å²) in [4.78, 5) is 4.95. The summed E-state index contributed by atoms with van der Waals surface area (Å²) in [6.07, 6.45) is 0. The van der Waals surface area contributed by atoms with Crippen LogP contribution in [0.4, 0.5) is 0 Å². The van der Waals surface area contributed by atoms with Gasteiger partial charge in [0.2, 0.25) is 0 Å². The van der Waals surface area contributed by atoms with E-state index in [1.54, 1.807) is 14.2 Å². The number of aromatic nitrogens is 4. The van der Waals surface area contributed by atoms with E-state index in [0.29, 0.717) is 13.2 Å². The van der Waals surface area contributed by atoms with Crippen LogP contribution in [0.25, 0.3) is 0 Å². The van der Waals surface area contributed by atoms with E-state index in [-0.39, 0.29) is 6.04 Å². The van der Waals surface area contributed by atoms with Crippen LogP contribution in [0.5, 0.6) is 5.75 Å². The topological polar surface area (TPSA) is 68.5 Å². The van der Waals surface area contributed by atoms with Crippen molar-refractivity contribution in [3.8, 4) is 5.75 Å². The molecule has 0 bridgehead atoms. The van der Waals surface area contributed by atoms with E-state index in [1.807, 2.05) is 22.9 Å². The van der Waals surface area contributed by atoms with Crippen molar-refractivity contribution in [1.29, 1.82) is 0 Å². The van der Waals surface area contributed by atoms with E-state index < -0.39 is 0 Å². The maximum Gasteiger partial charge on any atom is 0.173 e. The Morgan fingerprint density at radius 3 is 2.42 bits per heavy atom. The summed E-state index contributed by atoms with van der Waals surface area (Å²) in [5.74, 6) is 1.81. The van der Waals surface area contributed by atoms with Crippen LogP contribution in [0, 0.1) is 0 Å². The molecule has 0 radical (unpaired) electrons. The Balaban J connectivity index is 1.50. The average molecular weight is 423 g/mol. The molecule has 1 atom stereocenters. The normalized spacial score (nSPS) is 16.3. The third kappa shape index (κ3) is 5.10. The SMILES string of the molecule is COCCn1nnnc1[C@H](c1ccccc1)N1CCN(Cc2ccccc2OC)CC1. The number of para-hydroxylation sites is 1. The lowest BCUT2D eigenvalue weighted by Crippen LogP contribution is -2.48. The predicted octanol–water partition coefficient (Wildman–Crippen LogP) is 2.24. The molecule has 31 heavy (non-hydrogen) atoms. The molecule has 0 N–H and O–H groups in total. The number of hydrogen-bond acceptors (Lipinski definition) is 7. The van der Waals surface area contributed by atoms with Crippen LogP contribution < -0.4 is 4.74 Å². The Hall–Kier alpha value is -2.81. The van der Waals surface area contributed by atoms with Gasteiger partial charge in [-0.3, -0.25) is 9.80 Å². The molecule has 4 rings (SSSR count). The van der Waals surface area contributed by atoms with Gasteiger partial charge in [0.05, 0.1) is 26.3 Å². The molecule has 2 heterocycles. The van der Waals surface area contributed by atoms with Gasteiger partial charge >= 0.3 is 0 Å². The van der Waals surface area contributed by atoms with Crippen LogP contribution in [0.1, 0.15) is 23.0 Å². The van der Waals surface area contributed by atoms with E-state index in [9.17, 15) is 0 Å². The van der Waals surface area contributed by atoms with Gasteiger partial charge in [-0.05, 0) is 22.1 Å². The zero-order valence-electron chi connectivity index (χ0n) is 18.2. The molecule has 3 aromatic rings. The molecule has 1 aliphatic heterocycles. The van der Waals surface area contributed by atoms with Gasteiger partial charge in [-0.2, -0.15) is 0 Å². The smallest absolute Gasteiger partial charge is 0.173 e. The molecular formula is C23H30N6O2. The van der Waals surface area contributed by atoms with E-state index in [2.05, 4.69) is 61.7 Å². The van der Waals surface area contributed by atoms with Crippen molar-refractivity contribution in [3.63, 3.8) is 0 Å². The molecule has 8 heteroatoms. The first-order chi connectivity index (χ1) is 15.3. The molecule has 1 saturated heterocycles. The molecule has 0 aliphatic carbocycles. The maximum absolute atomic E-state index is 5.53. The minimum Gasteiger partial charge on any atom is -0.496 e. The maximum atomic E-state index is 5.53. The highest BCUT2D eigenvalue weighted by atomic mass is 16.5. The number of nitrogens with zero attached hydrogens (tertiary/aromatic N) is 6. The number of piperazine rings is 1. The summed E-state index contributed by atoms with van der Waals surface area (Å²) >= 11 is 0. The van der Waals surface area contributed by atoms with Crippen LogP contribution in [-0.4, -0.2) is 77.0 Å². The molecule has 164 valence electrons. The van der Waals surface area contributed by atoms with Crippen LogP contribution in [0.15, 0.2) is 54.6 Å². The van der Waals surface area contributed by atoms with Gasteiger partial charge < -0.3 is 9.47 Å². The van der Waals surface area contributed by atoms with Gasteiger partial charge in [-0.15, -0.1) is 5.10 Å². The van der Waals surface area contributed by atoms with Crippen molar-refractivity contribution in [1.82, 2.24) is 30.0 Å². The number of hydrogen-bond donors (Lipinski definition) is 0. The monoisotopic (exact) mass is 422 g/mol. The first kappa shape index (κ1) is 21.4. The molecule has 1 aromatic heterocycles. The number of ether oxygens (including phenoxy) is 2. The zero-order valence-corrected chi connectivity index (χ0v) is 18.2. The summed E-state index contributed by atoms with van der Waals surface area (Å²) in [7, 11) is 3.43. The second kappa shape index (κ2) is 10.5. The molecule has 1 aliphatic rings. The van der Waals surface area contributed by atoms with Crippen LogP contribution in [0.3, 0.4) is 0 Å². The van der Waals surface area contributed by atoms with Crippen molar-refractivity contribution in [2.24, 2.45) is 0 Å². The fourth-order valence-electron chi connectivity index (χ4n) is 4.16. The highest BCUT2D eigenvalue weighted by molar-refractivity contribution is 5.33. The van der Waals surface area contributed by atoms with E-state index in [0.717, 1.165) is 44.3 Å². The second-order valence-corrected chi connectivity index (χ2v) is 7.69. The highest BCUT2D eigenvalue weighted by Crippen LogP contribution is 2.28. The van der Waals surface area contributed by atoms with Gasteiger partial charge in [0.15, 0.2) is 5.82 Å². The lowest BCUT2D eigenvalue weighted by Gasteiger charge is -2.39. The molecule has 2 aromatic carbocycles. The number of methoxy groups -OCH3 is 2. The number of rotatable bonds is 9. The van der Waals surface area contributed by atoms with Gasteiger partial charge in [-0.25, -0.2) is 4.68 Å². The Bertz CT molecular complexity index is 940. The largest absolute Gasteiger partial charge is 0.496 e. The van der Waals surface area contributed by atoms with E-state index in [4.69, 9.17) is 9.47 Å². The summed E-state index contributed by atoms with van der Waals surface area (Å²) in [6, 6.07) is 18.8. The standard InChI is InChI=1S/C23H30N6O2/c1-30-17-16-29-23(24-25-26-29)22(19-8-4-3-5-9-19)28-14-12-27(13-15-28)18-20-10-6-7-11-21(20)31-2/h3-11,22H,12-18H2,1-2H3/t22-/m0/s1. The summed E-state index contributed by atoms with van der Waals surface area (Å²) < 4.78 is 12.6. The van der Waals surface area contributed by atoms with Gasteiger partial charge in [0, 0.05) is 45.4 Å². The van der Waals surface area contributed by atoms with Gasteiger partial charge in [0.25, 0.3) is 0 Å². The minimum absolute atomic E-state index is 0.0152. The Kier molecular flexibility index (Phi) is 7.24. The summed E-state index contributed by atoms with van der Waals surface area (Å²) in [5, 5.41) is 12.6. The molecular weight excluding hydrogens is 392 g/mol. The molecule has 0 saturated carbocycles.